The lowest BCUT2D eigenvalue weighted by molar-refractivity contribution is -0.121. The number of imide groups is 1. The summed E-state index contributed by atoms with van der Waals surface area (Å²) in [6.45, 7) is 4.00. The summed E-state index contributed by atoms with van der Waals surface area (Å²) >= 11 is 0. The Balaban J connectivity index is 0. The van der Waals surface area contributed by atoms with Gasteiger partial charge in [-0.3, -0.25) is 14.9 Å². The van der Waals surface area contributed by atoms with Gasteiger partial charge in [0, 0.05) is 46.6 Å². The van der Waals surface area contributed by atoms with Crippen LogP contribution in [0.25, 0.3) is 0 Å². The third kappa shape index (κ3) is 11.0. The molecule has 11 heteroatoms. The zero-order valence-corrected chi connectivity index (χ0v) is 18.4. The lowest BCUT2D eigenvalue weighted by Gasteiger charge is -2.23. The molecule has 2 amide bonds. The van der Waals surface area contributed by atoms with Crippen LogP contribution in [0, 0.1) is 5.92 Å². The largest absolute Gasteiger partial charge is 0.404 e. The van der Waals surface area contributed by atoms with Crippen LogP contribution in [0.15, 0.2) is 12.3 Å². The maximum absolute atomic E-state index is 11.1. The lowest BCUT2D eigenvalue weighted by atomic mass is 10.2. The number of carbonyl (C=O) groups excluding carboxylic acids is 2. The van der Waals surface area contributed by atoms with Crippen molar-refractivity contribution in [2.24, 2.45) is 5.92 Å². The molecule has 2 fully saturated rings. The zero-order valence-electron chi connectivity index (χ0n) is 17.5. The van der Waals surface area contributed by atoms with E-state index in [1.54, 1.807) is 26.2 Å². The topological polar surface area (TPSA) is 149 Å². The van der Waals surface area contributed by atoms with E-state index in [0.717, 1.165) is 20.0 Å². The first-order chi connectivity index (χ1) is 13.2. The highest BCUT2D eigenvalue weighted by Crippen LogP contribution is 2.62. The van der Waals surface area contributed by atoms with E-state index in [4.69, 9.17) is 24.5 Å². The number of aliphatic hydroxyl groups excluding tert-OH is 1. The van der Waals surface area contributed by atoms with Crippen LogP contribution in [-0.2, 0) is 19.1 Å². The molecule has 1 spiro atoms. The Morgan fingerprint density at radius 1 is 1.32 bits per heavy atom. The average Bonchev–Trinajstić information content (AvgIpc) is 3.09. The number of nitrogens with one attached hydrogen (secondary N) is 1. The van der Waals surface area contributed by atoms with E-state index < -0.39 is 13.9 Å². The fourth-order valence-corrected chi connectivity index (χ4v) is 3.82. The third-order valence-corrected chi connectivity index (χ3v) is 4.87. The van der Waals surface area contributed by atoms with Gasteiger partial charge < -0.3 is 19.5 Å². The molecule has 10 nitrogen and oxygen atoms in total. The molecule has 1 saturated heterocycles. The van der Waals surface area contributed by atoms with Crippen molar-refractivity contribution in [1.82, 2.24) is 10.2 Å². The van der Waals surface area contributed by atoms with Crippen LogP contribution in [0.5, 0.6) is 0 Å². The minimum Gasteiger partial charge on any atom is -0.400 e. The van der Waals surface area contributed by atoms with Crippen LogP contribution < -0.4 is 5.32 Å². The minimum absolute atomic E-state index is 0.0268. The summed E-state index contributed by atoms with van der Waals surface area (Å²) < 4.78 is 10.2. The number of hydrogen-bond acceptors (Lipinski definition) is 9. The number of amides is 2. The number of aliphatic hydroxyl groups is 1. The summed E-state index contributed by atoms with van der Waals surface area (Å²) in [6, 6.07) is 0. The van der Waals surface area contributed by atoms with Gasteiger partial charge in [0.25, 0.3) is 5.91 Å². The van der Waals surface area contributed by atoms with E-state index in [1.807, 2.05) is 19.2 Å². The Morgan fingerprint density at radius 2 is 1.86 bits per heavy atom. The van der Waals surface area contributed by atoms with Crippen LogP contribution in [-0.4, -0.2) is 83.4 Å². The fourth-order valence-electron chi connectivity index (χ4n) is 2.77. The summed E-state index contributed by atoms with van der Waals surface area (Å²) in [5.74, 6) is -0.546. The van der Waals surface area contributed by atoms with Crippen molar-refractivity contribution < 1.29 is 38.8 Å². The van der Waals surface area contributed by atoms with E-state index in [9.17, 15) is 9.59 Å². The van der Waals surface area contributed by atoms with Gasteiger partial charge in [0.1, 0.15) is 12.4 Å². The number of hydrogen-bond donors (Lipinski definition) is 5. The van der Waals surface area contributed by atoms with Gasteiger partial charge >= 0.3 is 7.94 Å². The molecule has 3 unspecified atom stereocenters. The Labute approximate surface area is 167 Å². The van der Waals surface area contributed by atoms with Crippen molar-refractivity contribution in [3.05, 3.63) is 12.3 Å². The van der Waals surface area contributed by atoms with Gasteiger partial charge in [-0.15, -0.1) is 0 Å². The third-order valence-electron chi connectivity index (χ3n) is 3.94. The van der Waals surface area contributed by atoms with Crippen molar-refractivity contribution in [2.75, 3.05) is 34.5 Å². The molecule has 0 aromatic heterocycles. The van der Waals surface area contributed by atoms with Crippen molar-refractivity contribution >= 4 is 20.3 Å². The van der Waals surface area contributed by atoms with Crippen molar-refractivity contribution in [1.29, 1.82) is 0 Å². The molecule has 1 aliphatic heterocycles. The number of ether oxygens (including phenoxy) is 2. The molecule has 28 heavy (non-hydrogen) atoms. The number of nitrogens with zero attached hydrogens (tertiary/aromatic N) is 1. The fraction of sp³-hybridized carbons (Fsp3) is 0.765. The SMILES string of the molecule is CC.CN(/C=C\C(=O)NC=O)C1CCC2(CC2C[P+](O)(O)O)O1.CO.COC. The molecule has 1 aliphatic carbocycles. The molecule has 0 bridgehead atoms. The molecule has 2 aliphatic rings. The van der Waals surface area contributed by atoms with Crippen LogP contribution in [0.2, 0.25) is 0 Å². The van der Waals surface area contributed by atoms with Gasteiger partial charge in [-0.1, -0.05) is 13.8 Å². The molecule has 166 valence electrons. The molecule has 1 saturated carbocycles. The molecular weight excluding hydrogens is 391 g/mol. The molecular formula is C17H36N2O8P+. The number of carbonyl (C=O) groups is 2. The highest BCUT2D eigenvalue weighted by Gasteiger charge is 2.63. The maximum atomic E-state index is 11.1. The van der Waals surface area contributed by atoms with E-state index >= 15 is 0 Å². The predicted octanol–water partition coefficient (Wildman–Crippen LogP) is 0.237. The number of rotatable bonds is 6. The predicted molar refractivity (Wildman–Crippen MR) is 107 cm³/mol. The van der Waals surface area contributed by atoms with Crippen LogP contribution >= 0.6 is 7.94 Å². The highest BCUT2D eigenvalue weighted by atomic mass is 31.2. The van der Waals surface area contributed by atoms with Gasteiger partial charge in [-0.05, 0) is 19.3 Å². The molecule has 0 aromatic carbocycles. The summed E-state index contributed by atoms with van der Waals surface area (Å²) in [5.41, 5.74) is -0.378. The summed E-state index contributed by atoms with van der Waals surface area (Å²) in [5, 5.41) is 9.00. The van der Waals surface area contributed by atoms with Gasteiger partial charge in [-0.2, -0.15) is 14.7 Å². The Kier molecular flexibility index (Phi) is 15.4. The van der Waals surface area contributed by atoms with Crippen LogP contribution in [0.1, 0.15) is 33.1 Å². The van der Waals surface area contributed by atoms with E-state index in [-0.39, 0.29) is 23.9 Å². The van der Waals surface area contributed by atoms with E-state index in [2.05, 4.69) is 4.74 Å². The highest BCUT2D eigenvalue weighted by molar-refractivity contribution is 7.58. The first kappa shape index (κ1) is 29.1. The second kappa shape index (κ2) is 14.8. The van der Waals surface area contributed by atoms with Crippen molar-refractivity contribution in [3.8, 4) is 0 Å². The molecule has 5 N–H and O–H groups in total. The monoisotopic (exact) mass is 427 g/mol. The maximum Gasteiger partial charge on any atom is 0.404 e. The van der Waals surface area contributed by atoms with Gasteiger partial charge in [0.05, 0.1) is 5.60 Å². The average molecular weight is 427 g/mol. The Bertz CT molecular complexity index is 473. The van der Waals surface area contributed by atoms with Gasteiger partial charge in [0.2, 0.25) is 6.41 Å². The van der Waals surface area contributed by atoms with Gasteiger partial charge in [0.15, 0.2) is 0 Å². The molecule has 0 aromatic rings. The smallest absolute Gasteiger partial charge is 0.400 e. The molecule has 1 heterocycles. The van der Waals surface area contributed by atoms with Crippen molar-refractivity contribution in [3.63, 3.8) is 0 Å². The first-order valence-electron chi connectivity index (χ1n) is 8.90. The first-order valence-corrected chi connectivity index (χ1v) is 10.7. The second-order valence-electron chi connectivity index (χ2n) is 5.97. The summed E-state index contributed by atoms with van der Waals surface area (Å²) in [7, 11) is 2.25. The van der Waals surface area contributed by atoms with Crippen molar-refractivity contribution in [2.45, 2.75) is 44.9 Å². The quantitative estimate of drug-likeness (QED) is 0.228. The van der Waals surface area contributed by atoms with E-state index in [0.29, 0.717) is 12.8 Å². The normalized spacial score (nSPS) is 24.8. The van der Waals surface area contributed by atoms with E-state index in [1.165, 1.54) is 12.3 Å². The summed E-state index contributed by atoms with van der Waals surface area (Å²) in [4.78, 5) is 50.3. The Hall–Kier alpha value is -1.13. The zero-order chi connectivity index (χ0) is 22.4. The van der Waals surface area contributed by atoms with Gasteiger partial charge in [-0.25, -0.2) is 0 Å². The lowest BCUT2D eigenvalue weighted by Crippen LogP contribution is -2.29. The molecule has 2 rings (SSSR count). The second-order valence-corrected chi connectivity index (χ2v) is 7.72. The minimum atomic E-state index is -3.76. The molecule has 0 radical (unpaired) electrons. The van der Waals surface area contributed by atoms with Crippen LogP contribution in [0.4, 0.5) is 0 Å². The number of methoxy groups -OCH3 is 1. The summed E-state index contributed by atoms with van der Waals surface area (Å²) in [6.07, 6.45) is 5.08. The molecule has 3 atom stereocenters. The van der Waals surface area contributed by atoms with Crippen LogP contribution in [0.3, 0.4) is 0 Å². The Morgan fingerprint density at radius 3 is 2.32 bits per heavy atom. The standard InChI is InChI=1S/C12H19N2O6P.C2H6O.C2H6.CH4O/c1-14(5-3-10(16)13-8-15)11-2-4-12(20-11)6-9(12)7-21(17,18)19;1-3-2;2*1-2/h3,5,8-9,11,17-19H,2,4,6-7H2,1H3;1-2H3;1-2H3;2H,1H3/p+1/b5-3-;;;.